The number of esters is 1. The molecule has 1 aliphatic heterocycles. The number of aromatic nitrogens is 4. The Morgan fingerprint density at radius 2 is 1.89 bits per heavy atom. The van der Waals surface area contributed by atoms with Crippen molar-refractivity contribution in [3.8, 4) is 11.3 Å². The van der Waals surface area contributed by atoms with Crippen molar-refractivity contribution in [2.45, 2.75) is 6.92 Å². The molecule has 4 rings (SSSR count). The predicted molar refractivity (Wildman–Crippen MR) is 132 cm³/mol. The van der Waals surface area contributed by atoms with Crippen LogP contribution < -0.4 is 15.5 Å². The highest BCUT2D eigenvalue weighted by molar-refractivity contribution is 5.96. The van der Waals surface area contributed by atoms with E-state index in [1.54, 1.807) is 13.1 Å². The van der Waals surface area contributed by atoms with Gasteiger partial charge in [-0.2, -0.15) is 0 Å². The third-order valence-electron chi connectivity index (χ3n) is 5.31. The van der Waals surface area contributed by atoms with Crippen LogP contribution in [0, 0.1) is 10.1 Å². The van der Waals surface area contributed by atoms with Gasteiger partial charge in [-0.1, -0.05) is 0 Å². The molecule has 1 aliphatic rings. The van der Waals surface area contributed by atoms with Crippen LogP contribution in [0.15, 0.2) is 42.9 Å². The molecule has 0 spiro atoms. The number of pyridine rings is 2. The number of ether oxygens (including phenoxy) is 2. The Labute approximate surface area is 207 Å². The highest BCUT2D eigenvalue weighted by Gasteiger charge is 2.19. The molecule has 1 saturated heterocycles. The van der Waals surface area contributed by atoms with E-state index in [1.165, 1.54) is 24.5 Å². The molecule has 3 aromatic heterocycles. The Bertz CT molecular complexity index is 1180. The predicted octanol–water partition coefficient (Wildman–Crippen LogP) is 2.38. The van der Waals surface area contributed by atoms with E-state index < -0.39 is 10.9 Å². The minimum atomic E-state index is -0.512. The van der Waals surface area contributed by atoms with Crippen LogP contribution in [0.2, 0.25) is 0 Å². The van der Waals surface area contributed by atoms with Crippen molar-refractivity contribution < 1.29 is 19.2 Å². The molecule has 0 aromatic carbocycles. The molecule has 2 N–H and O–H groups in total. The van der Waals surface area contributed by atoms with Gasteiger partial charge in [-0.05, 0) is 25.1 Å². The van der Waals surface area contributed by atoms with Crippen LogP contribution in [0.25, 0.3) is 11.3 Å². The van der Waals surface area contributed by atoms with Gasteiger partial charge in [0.15, 0.2) is 0 Å². The van der Waals surface area contributed by atoms with Crippen molar-refractivity contribution in [2.24, 2.45) is 0 Å². The lowest BCUT2D eigenvalue weighted by Crippen LogP contribution is -2.36. The smallest absolute Gasteiger partial charge is 0.341 e. The van der Waals surface area contributed by atoms with E-state index in [9.17, 15) is 14.9 Å². The maximum Gasteiger partial charge on any atom is 0.341 e. The van der Waals surface area contributed by atoms with Crippen LogP contribution in [0.5, 0.6) is 0 Å². The summed E-state index contributed by atoms with van der Waals surface area (Å²) in [5, 5.41) is 16.9. The summed E-state index contributed by atoms with van der Waals surface area (Å²) < 4.78 is 10.6. The van der Waals surface area contributed by atoms with Gasteiger partial charge < -0.3 is 25.0 Å². The maximum absolute atomic E-state index is 12.5. The molecule has 0 bridgehead atoms. The largest absolute Gasteiger partial charge is 0.462 e. The fourth-order valence-electron chi connectivity index (χ4n) is 3.51. The van der Waals surface area contributed by atoms with Gasteiger partial charge in [-0.15, -0.1) is 0 Å². The lowest BCUT2D eigenvalue weighted by atomic mass is 10.1. The number of nitrogens with one attached hydrogen (secondary N) is 2. The van der Waals surface area contributed by atoms with Gasteiger partial charge in [0.2, 0.25) is 5.95 Å². The molecule has 36 heavy (non-hydrogen) atoms. The molecule has 4 heterocycles. The number of morpholine rings is 1. The zero-order valence-corrected chi connectivity index (χ0v) is 19.7. The number of nitrogens with zero attached hydrogens (tertiary/aromatic N) is 6. The average molecular weight is 495 g/mol. The van der Waals surface area contributed by atoms with Crippen molar-refractivity contribution in [1.29, 1.82) is 0 Å². The third kappa shape index (κ3) is 6.18. The molecule has 1 fully saturated rings. The second-order valence-corrected chi connectivity index (χ2v) is 7.69. The third-order valence-corrected chi connectivity index (χ3v) is 5.31. The monoisotopic (exact) mass is 494 g/mol. The van der Waals surface area contributed by atoms with E-state index in [0.717, 1.165) is 18.9 Å². The van der Waals surface area contributed by atoms with E-state index in [2.05, 4.69) is 35.5 Å². The lowest BCUT2D eigenvalue weighted by Gasteiger charge is -2.27. The van der Waals surface area contributed by atoms with E-state index in [-0.39, 0.29) is 17.9 Å². The molecule has 0 saturated carbocycles. The number of rotatable bonds is 10. The van der Waals surface area contributed by atoms with Gasteiger partial charge >= 0.3 is 5.97 Å². The summed E-state index contributed by atoms with van der Waals surface area (Å²) in [6.45, 7) is 5.72. The molecule has 3 aromatic rings. The zero-order chi connectivity index (χ0) is 25.3. The Kier molecular flexibility index (Phi) is 8.13. The van der Waals surface area contributed by atoms with Gasteiger partial charge in [0.1, 0.15) is 23.4 Å². The van der Waals surface area contributed by atoms with Crippen molar-refractivity contribution in [2.75, 3.05) is 61.5 Å². The summed E-state index contributed by atoms with van der Waals surface area (Å²) in [6, 6.07) is 6.68. The van der Waals surface area contributed by atoms with Crippen molar-refractivity contribution >= 4 is 29.2 Å². The number of nitro groups is 1. The van der Waals surface area contributed by atoms with E-state index >= 15 is 0 Å². The van der Waals surface area contributed by atoms with Crippen molar-refractivity contribution in [3.05, 3.63) is 58.5 Å². The first-order valence-corrected chi connectivity index (χ1v) is 11.5. The number of carbonyl (C=O) groups excluding carboxylic acids is 1. The highest BCUT2D eigenvalue weighted by atomic mass is 16.6. The molecule has 0 aliphatic carbocycles. The van der Waals surface area contributed by atoms with Gasteiger partial charge in [0, 0.05) is 50.2 Å². The van der Waals surface area contributed by atoms with Crippen LogP contribution in [-0.4, -0.2) is 76.8 Å². The van der Waals surface area contributed by atoms with Crippen LogP contribution in [-0.2, 0) is 9.47 Å². The molecule has 188 valence electrons. The fourth-order valence-corrected chi connectivity index (χ4v) is 3.51. The fraction of sp³-hybridized carbons (Fsp3) is 0.348. The van der Waals surface area contributed by atoms with Crippen LogP contribution >= 0.6 is 0 Å². The van der Waals surface area contributed by atoms with Crippen molar-refractivity contribution in [1.82, 2.24) is 19.9 Å². The average Bonchev–Trinajstić information content (AvgIpc) is 2.92. The first-order valence-electron chi connectivity index (χ1n) is 11.5. The number of carbonyl (C=O) groups is 1. The van der Waals surface area contributed by atoms with Gasteiger partial charge in [0.05, 0.1) is 30.4 Å². The van der Waals surface area contributed by atoms with Gasteiger partial charge in [-0.25, -0.2) is 24.7 Å². The topological polar surface area (TPSA) is 158 Å². The van der Waals surface area contributed by atoms with Crippen LogP contribution in [0.1, 0.15) is 17.3 Å². The highest BCUT2D eigenvalue weighted by Crippen LogP contribution is 2.25. The summed E-state index contributed by atoms with van der Waals surface area (Å²) in [7, 11) is 0. The molecule has 0 radical (unpaired) electrons. The zero-order valence-electron chi connectivity index (χ0n) is 19.7. The Hall–Kier alpha value is -4.39. The minimum Gasteiger partial charge on any atom is -0.462 e. The SMILES string of the molecule is CCOC(=O)c1cnc(NCCNc2ccc([N+](=O)[O-])cn2)nc1-c1ccc(N2CCOCC2)nc1. The molecular formula is C23H26N8O5. The molecule has 0 atom stereocenters. The van der Waals surface area contributed by atoms with E-state index in [1.807, 2.05) is 12.1 Å². The summed E-state index contributed by atoms with van der Waals surface area (Å²) in [6.07, 6.45) is 4.31. The minimum absolute atomic E-state index is 0.0752. The molecule has 0 unspecified atom stereocenters. The normalized spacial score (nSPS) is 13.2. The standard InChI is InChI=1S/C23H26N8O5/c1-2-36-22(32)18-15-28-23(25-8-7-24-19-5-4-17(14-26-19)31(33)34)29-21(18)16-3-6-20(27-13-16)30-9-11-35-12-10-30/h3-6,13-15H,2,7-12H2,1H3,(H,24,26)(H,25,28,29). The van der Waals surface area contributed by atoms with Gasteiger partial charge in [0.25, 0.3) is 5.69 Å². The van der Waals surface area contributed by atoms with Gasteiger partial charge in [-0.3, -0.25) is 10.1 Å². The number of hydrogen-bond acceptors (Lipinski definition) is 12. The summed E-state index contributed by atoms with van der Waals surface area (Å²) in [5.74, 6) is 1.15. The Balaban J connectivity index is 1.45. The van der Waals surface area contributed by atoms with Crippen LogP contribution in [0.4, 0.5) is 23.3 Å². The molecule has 0 amide bonds. The summed E-state index contributed by atoms with van der Waals surface area (Å²) in [4.78, 5) is 42.3. The van der Waals surface area contributed by atoms with Crippen molar-refractivity contribution in [3.63, 3.8) is 0 Å². The Morgan fingerprint density at radius 1 is 1.08 bits per heavy atom. The van der Waals surface area contributed by atoms with E-state index in [0.29, 0.717) is 49.3 Å². The molecule has 13 heteroatoms. The summed E-state index contributed by atoms with van der Waals surface area (Å²) >= 11 is 0. The number of anilines is 3. The lowest BCUT2D eigenvalue weighted by molar-refractivity contribution is -0.385. The second-order valence-electron chi connectivity index (χ2n) is 7.69. The molecular weight excluding hydrogens is 468 g/mol. The first-order chi connectivity index (χ1) is 17.5. The second kappa shape index (κ2) is 11.8. The molecule has 13 nitrogen and oxygen atoms in total. The van der Waals surface area contributed by atoms with E-state index in [4.69, 9.17) is 9.47 Å². The number of hydrogen-bond donors (Lipinski definition) is 2. The first kappa shape index (κ1) is 24.7. The quantitative estimate of drug-likeness (QED) is 0.184. The summed E-state index contributed by atoms with van der Waals surface area (Å²) in [5.41, 5.74) is 1.25. The van der Waals surface area contributed by atoms with Crippen LogP contribution in [0.3, 0.4) is 0 Å². The maximum atomic E-state index is 12.5. The Morgan fingerprint density at radius 3 is 2.56 bits per heavy atom.